The third-order valence-corrected chi connectivity index (χ3v) is 5.38. The first-order valence-electron chi connectivity index (χ1n) is 6.03. The topological polar surface area (TPSA) is 43.1 Å². The van der Waals surface area contributed by atoms with E-state index in [1.54, 1.807) is 0 Å². The summed E-state index contributed by atoms with van der Waals surface area (Å²) in [7, 11) is -1.10. The molecule has 0 radical (unpaired) electrons. The first-order chi connectivity index (χ1) is 9.08. The van der Waals surface area contributed by atoms with Crippen molar-refractivity contribution in [3.8, 4) is 0 Å². The van der Waals surface area contributed by atoms with Crippen LogP contribution < -0.4 is 5.73 Å². The van der Waals surface area contributed by atoms with Crippen molar-refractivity contribution in [2.45, 2.75) is 17.9 Å². The van der Waals surface area contributed by atoms with Crippen molar-refractivity contribution in [1.82, 2.24) is 0 Å². The molecule has 0 aliphatic rings. The summed E-state index contributed by atoms with van der Waals surface area (Å²) in [5.74, 6) is 0.422. The second-order valence-electron chi connectivity index (χ2n) is 4.46. The molecule has 0 saturated heterocycles. The van der Waals surface area contributed by atoms with Gasteiger partial charge >= 0.3 is 0 Å². The van der Waals surface area contributed by atoms with Crippen molar-refractivity contribution in [1.29, 1.82) is 0 Å². The van der Waals surface area contributed by atoms with Crippen LogP contribution >= 0.6 is 15.9 Å². The van der Waals surface area contributed by atoms with Gasteiger partial charge in [0.1, 0.15) is 0 Å². The minimum Gasteiger partial charge on any atom is -0.323 e. The largest absolute Gasteiger partial charge is 0.323 e. The number of hydrogen-bond donors (Lipinski definition) is 1. The third kappa shape index (κ3) is 3.75. The molecular weight excluding hydrogens is 322 g/mol. The lowest BCUT2D eigenvalue weighted by Crippen LogP contribution is -2.18. The average Bonchev–Trinajstić information content (AvgIpc) is 2.39. The molecule has 2 nitrogen and oxygen atoms in total. The SMILES string of the molecule is Cc1ccc(C(N)CS(=O)c2ccccc2Br)cc1. The summed E-state index contributed by atoms with van der Waals surface area (Å²) >= 11 is 3.42. The Hall–Kier alpha value is -0.970. The highest BCUT2D eigenvalue weighted by molar-refractivity contribution is 9.10. The number of aryl methyl sites for hydroxylation is 1. The summed E-state index contributed by atoms with van der Waals surface area (Å²) in [5, 5.41) is 0. The Morgan fingerprint density at radius 2 is 1.79 bits per heavy atom. The van der Waals surface area contributed by atoms with Crippen LogP contribution in [0.4, 0.5) is 0 Å². The van der Waals surface area contributed by atoms with Crippen molar-refractivity contribution < 1.29 is 4.21 Å². The molecule has 2 unspecified atom stereocenters. The van der Waals surface area contributed by atoms with Crippen LogP contribution in [0.25, 0.3) is 0 Å². The molecule has 2 aromatic carbocycles. The van der Waals surface area contributed by atoms with Gasteiger partial charge in [0, 0.05) is 16.3 Å². The Bertz CT molecular complexity index is 583. The van der Waals surface area contributed by atoms with Crippen LogP contribution in [0.5, 0.6) is 0 Å². The monoisotopic (exact) mass is 337 g/mol. The number of hydrogen-bond acceptors (Lipinski definition) is 2. The van der Waals surface area contributed by atoms with Crippen LogP contribution in [-0.2, 0) is 10.8 Å². The highest BCUT2D eigenvalue weighted by Crippen LogP contribution is 2.22. The third-order valence-electron chi connectivity index (χ3n) is 2.92. The Labute approximate surface area is 124 Å². The highest BCUT2D eigenvalue weighted by atomic mass is 79.9. The summed E-state index contributed by atoms with van der Waals surface area (Å²) in [6.07, 6.45) is 0. The lowest BCUT2D eigenvalue weighted by molar-refractivity contribution is 0.675. The van der Waals surface area contributed by atoms with Crippen molar-refractivity contribution in [2.24, 2.45) is 5.73 Å². The Kier molecular flexibility index (Phi) is 4.91. The molecule has 0 amide bonds. The molecular formula is C15H16BrNOS. The summed E-state index contributed by atoms with van der Waals surface area (Å²) in [6.45, 7) is 2.04. The fourth-order valence-corrected chi connectivity index (χ4v) is 3.83. The van der Waals surface area contributed by atoms with Gasteiger partial charge < -0.3 is 5.73 Å². The van der Waals surface area contributed by atoms with Crippen molar-refractivity contribution in [3.05, 3.63) is 64.1 Å². The molecule has 0 heterocycles. The number of nitrogens with two attached hydrogens (primary N) is 1. The van der Waals surface area contributed by atoms with Crippen LogP contribution in [-0.4, -0.2) is 9.96 Å². The van der Waals surface area contributed by atoms with E-state index in [0.717, 1.165) is 14.9 Å². The molecule has 0 fully saturated rings. The molecule has 4 heteroatoms. The molecule has 2 N–H and O–H groups in total. The van der Waals surface area contributed by atoms with Gasteiger partial charge in [0.2, 0.25) is 0 Å². The van der Waals surface area contributed by atoms with Crippen molar-refractivity contribution in [3.63, 3.8) is 0 Å². The molecule has 0 aliphatic heterocycles. The van der Waals surface area contributed by atoms with Gasteiger partial charge in [-0.15, -0.1) is 0 Å². The summed E-state index contributed by atoms with van der Waals surface area (Å²) in [4.78, 5) is 0.796. The van der Waals surface area contributed by atoms with Crippen molar-refractivity contribution >= 4 is 26.7 Å². The summed E-state index contributed by atoms with van der Waals surface area (Å²) in [6, 6.07) is 15.4. The van der Waals surface area contributed by atoms with Gasteiger partial charge in [0.05, 0.1) is 15.7 Å². The van der Waals surface area contributed by atoms with Gasteiger partial charge in [-0.1, -0.05) is 42.0 Å². The van der Waals surface area contributed by atoms with Gasteiger partial charge in [0.25, 0.3) is 0 Å². The molecule has 19 heavy (non-hydrogen) atoms. The smallest absolute Gasteiger partial charge is 0.0560 e. The van der Waals surface area contributed by atoms with Crippen LogP contribution in [0.1, 0.15) is 17.2 Å². The van der Waals surface area contributed by atoms with E-state index >= 15 is 0 Å². The molecule has 0 aromatic heterocycles. The molecule has 0 spiro atoms. The maximum absolute atomic E-state index is 12.3. The van der Waals surface area contributed by atoms with E-state index in [0.29, 0.717) is 5.75 Å². The van der Waals surface area contributed by atoms with Crippen molar-refractivity contribution in [2.75, 3.05) is 5.75 Å². The second kappa shape index (κ2) is 6.46. The molecule has 0 bridgehead atoms. The second-order valence-corrected chi connectivity index (χ2v) is 6.78. The lowest BCUT2D eigenvalue weighted by atomic mass is 10.1. The van der Waals surface area contributed by atoms with E-state index in [1.807, 2.05) is 55.5 Å². The standard InChI is InChI=1S/C15H16BrNOS/c1-11-6-8-12(9-7-11)14(17)10-19(18)15-5-3-2-4-13(15)16/h2-9,14H,10,17H2,1H3. The van der Waals surface area contributed by atoms with E-state index < -0.39 is 10.8 Å². The van der Waals surface area contributed by atoms with E-state index in [1.165, 1.54) is 5.56 Å². The Morgan fingerprint density at radius 1 is 1.16 bits per heavy atom. The zero-order valence-electron chi connectivity index (χ0n) is 10.7. The molecule has 2 rings (SSSR count). The molecule has 100 valence electrons. The van der Waals surface area contributed by atoms with Gasteiger partial charge in [-0.2, -0.15) is 0 Å². The fourth-order valence-electron chi connectivity index (χ4n) is 1.79. The average molecular weight is 338 g/mol. The van der Waals surface area contributed by atoms with Crippen LogP contribution in [0.3, 0.4) is 0 Å². The van der Waals surface area contributed by atoms with E-state index in [9.17, 15) is 4.21 Å². The maximum Gasteiger partial charge on any atom is 0.0560 e. The van der Waals surface area contributed by atoms with Gasteiger partial charge in [-0.05, 0) is 40.5 Å². The summed E-state index contributed by atoms with van der Waals surface area (Å²) in [5.41, 5.74) is 8.34. The molecule has 0 saturated carbocycles. The number of rotatable bonds is 4. The zero-order valence-corrected chi connectivity index (χ0v) is 13.1. The number of benzene rings is 2. The van der Waals surface area contributed by atoms with E-state index in [2.05, 4.69) is 15.9 Å². The maximum atomic E-state index is 12.3. The van der Waals surface area contributed by atoms with Crippen LogP contribution in [0.2, 0.25) is 0 Å². The fraction of sp³-hybridized carbons (Fsp3) is 0.200. The normalized spacial score (nSPS) is 14.1. The minimum atomic E-state index is -1.10. The molecule has 2 atom stereocenters. The zero-order chi connectivity index (χ0) is 13.8. The van der Waals surface area contributed by atoms with Gasteiger partial charge in [0.15, 0.2) is 0 Å². The summed E-state index contributed by atoms with van der Waals surface area (Å²) < 4.78 is 13.2. The first-order valence-corrected chi connectivity index (χ1v) is 8.14. The van der Waals surface area contributed by atoms with Gasteiger partial charge in [-0.25, -0.2) is 0 Å². The highest BCUT2D eigenvalue weighted by Gasteiger charge is 2.13. The minimum absolute atomic E-state index is 0.214. The molecule has 0 aliphatic carbocycles. The first kappa shape index (κ1) is 14.4. The quantitative estimate of drug-likeness (QED) is 0.926. The predicted octanol–water partition coefficient (Wildman–Crippen LogP) is 3.57. The van der Waals surface area contributed by atoms with E-state index in [-0.39, 0.29) is 6.04 Å². The van der Waals surface area contributed by atoms with Gasteiger partial charge in [-0.3, -0.25) is 4.21 Å². The Balaban J connectivity index is 2.11. The van der Waals surface area contributed by atoms with Crippen LogP contribution in [0, 0.1) is 6.92 Å². The lowest BCUT2D eigenvalue weighted by Gasteiger charge is -2.12. The number of halogens is 1. The van der Waals surface area contributed by atoms with Crippen LogP contribution in [0.15, 0.2) is 57.9 Å². The molecule has 2 aromatic rings. The van der Waals surface area contributed by atoms with E-state index in [4.69, 9.17) is 5.73 Å². The Morgan fingerprint density at radius 3 is 2.42 bits per heavy atom. The predicted molar refractivity (Wildman–Crippen MR) is 83.5 cm³/mol.